The molecule has 0 aromatic carbocycles. The fraction of sp³-hybridized carbons (Fsp3) is 0.333. The molecule has 0 bridgehead atoms. The van der Waals surface area contributed by atoms with Crippen molar-refractivity contribution < 1.29 is 4.74 Å². The lowest BCUT2D eigenvalue weighted by molar-refractivity contribution is 0.190. The lowest BCUT2D eigenvalue weighted by atomic mass is 10.2. The first-order valence-electron chi connectivity index (χ1n) is 5.52. The Morgan fingerprint density at radius 3 is 3.12 bits per heavy atom. The summed E-state index contributed by atoms with van der Waals surface area (Å²) in [6.07, 6.45) is 6.32. The summed E-state index contributed by atoms with van der Waals surface area (Å²) in [7, 11) is 1.71. The number of aryl methyl sites for hydroxylation is 1. The largest absolute Gasteiger partial charge is 0.385 e. The minimum absolute atomic E-state index is 0.521. The van der Waals surface area contributed by atoms with Gasteiger partial charge in [0.15, 0.2) is 0 Å². The molecule has 0 atom stereocenters. The first kappa shape index (κ1) is 11.6. The third-order valence-corrected chi connectivity index (χ3v) is 2.54. The zero-order chi connectivity index (χ0) is 12.1. The molecule has 2 aromatic heterocycles. The maximum absolute atomic E-state index is 5.68. The summed E-state index contributed by atoms with van der Waals surface area (Å²) in [5.74, 6) is 0.521. The molecule has 0 fully saturated rings. The number of nitrogen functional groups attached to an aromatic ring is 1. The number of hydrogen-bond acceptors (Lipinski definition) is 4. The van der Waals surface area contributed by atoms with Crippen molar-refractivity contribution in [2.75, 3.05) is 19.5 Å². The van der Waals surface area contributed by atoms with Crippen LogP contribution in [-0.2, 0) is 11.3 Å². The van der Waals surface area contributed by atoms with Crippen LogP contribution in [0.5, 0.6) is 0 Å². The van der Waals surface area contributed by atoms with Crippen LogP contribution in [0.2, 0.25) is 0 Å². The Morgan fingerprint density at radius 2 is 2.35 bits per heavy atom. The number of anilines is 1. The average Bonchev–Trinajstić information content (AvgIpc) is 2.78. The fourth-order valence-corrected chi connectivity index (χ4v) is 1.73. The number of nitrogens with zero attached hydrogens (tertiary/aromatic N) is 3. The predicted octanol–water partition coefficient (Wildman–Crippen LogP) is 1.56. The van der Waals surface area contributed by atoms with Gasteiger partial charge in [0.2, 0.25) is 0 Å². The van der Waals surface area contributed by atoms with Gasteiger partial charge >= 0.3 is 0 Å². The molecule has 0 amide bonds. The summed E-state index contributed by atoms with van der Waals surface area (Å²) in [4.78, 5) is 8.15. The van der Waals surface area contributed by atoms with Crippen LogP contribution in [0, 0.1) is 0 Å². The van der Waals surface area contributed by atoms with Crippen molar-refractivity contribution in [3.8, 4) is 11.3 Å². The highest BCUT2D eigenvalue weighted by Crippen LogP contribution is 2.20. The van der Waals surface area contributed by atoms with Crippen LogP contribution >= 0.6 is 0 Å². The molecule has 0 saturated carbocycles. The van der Waals surface area contributed by atoms with E-state index in [-0.39, 0.29) is 0 Å². The normalized spacial score (nSPS) is 10.6. The molecule has 2 aromatic rings. The summed E-state index contributed by atoms with van der Waals surface area (Å²) in [6.45, 7) is 1.63. The molecule has 5 heteroatoms. The molecule has 5 nitrogen and oxygen atoms in total. The second kappa shape index (κ2) is 5.45. The van der Waals surface area contributed by atoms with E-state index < -0.39 is 0 Å². The smallest absolute Gasteiger partial charge is 0.123 e. The van der Waals surface area contributed by atoms with E-state index in [1.807, 2.05) is 24.7 Å². The number of imidazole rings is 1. The first-order chi connectivity index (χ1) is 8.31. The molecule has 0 saturated heterocycles. The van der Waals surface area contributed by atoms with Crippen molar-refractivity contribution in [1.82, 2.24) is 14.5 Å². The molecule has 0 aliphatic heterocycles. The number of ether oxygens (including phenoxy) is 1. The summed E-state index contributed by atoms with van der Waals surface area (Å²) in [6, 6.07) is 3.78. The van der Waals surface area contributed by atoms with E-state index in [4.69, 9.17) is 10.5 Å². The van der Waals surface area contributed by atoms with Crippen molar-refractivity contribution in [3.05, 3.63) is 30.9 Å². The Morgan fingerprint density at radius 1 is 1.47 bits per heavy atom. The molecule has 0 aliphatic rings. The number of rotatable bonds is 5. The molecule has 0 spiro atoms. The van der Waals surface area contributed by atoms with Crippen LogP contribution in [0.4, 0.5) is 5.82 Å². The predicted molar refractivity (Wildman–Crippen MR) is 66.4 cm³/mol. The lowest BCUT2D eigenvalue weighted by Crippen LogP contribution is -2.02. The Bertz CT molecular complexity index is 481. The highest BCUT2D eigenvalue weighted by Gasteiger charge is 2.05. The first-order valence-corrected chi connectivity index (χ1v) is 5.52. The molecular formula is C12H16N4O. The Hall–Kier alpha value is -1.88. The van der Waals surface area contributed by atoms with E-state index in [9.17, 15) is 0 Å². The molecule has 17 heavy (non-hydrogen) atoms. The third kappa shape index (κ3) is 2.82. The summed E-state index contributed by atoms with van der Waals surface area (Å²) < 4.78 is 7.13. The topological polar surface area (TPSA) is 66.0 Å². The highest BCUT2D eigenvalue weighted by molar-refractivity contribution is 5.61. The van der Waals surface area contributed by atoms with E-state index in [0.29, 0.717) is 5.82 Å². The summed E-state index contributed by atoms with van der Waals surface area (Å²) in [5, 5.41) is 0. The summed E-state index contributed by atoms with van der Waals surface area (Å²) in [5.41, 5.74) is 7.76. The number of aromatic nitrogens is 3. The van der Waals surface area contributed by atoms with Gasteiger partial charge < -0.3 is 15.0 Å². The monoisotopic (exact) mass is 232 g/mol. The van der Waals surface area contributed by atoms with Crippen LogP contribution in [-0.4, -0.2) is 28.3 Å². The number of methoxy groups -OCH3 is 1. The van der Waals surface area contributed by atoms with Crippen molar-refractivity contribution >= 4 is 5.82 Å². The molecule has 2 N–H and O–H groups in total. The molecule has 2 heterocycles. The minimum Gasteiger partial charge on any atom is -0.385 e. The van der Waals surface area contributed by atoms with Crippen molar-refractivity contribution in [1.29, 1.82) is 0 Å². The molecule has 0 radical (unpaired) electrons. The van der Waals surface area contributed by atoms with Gasteiger partial charge in [-0.05, 0) is 18.6 Å². The Labute approximate surface area is 100 Å². The third-order valence-electron chi connectivity index (χ3n) is 2.54. The van der Waals surface area contributed by atoms with Crippen LogP contribution in [0.1, 0.15) is 6.42 Å². The van der Waals surface area contributed by atoms with Crippen molar-refractivity contribution in [3.63, 3.8) is 0 Å². The second-order valence-electron chi connectivity index (χ2n) is 3.79. The van der Waals surface area contributed by atoms with Gasteiger partial charge in [0.05, 0.1) is 18.2 Å². The van der Waals surface area contributed by atoms with Gasteiger partial charge in [-0.3, -0.25) is 0 Å². The van der Waals surface area contributed by atoms with E-state index >= 15 is 0 Å². The van der Waals surface area contributed by atoms with E-state index in [2.05, 4.69) is 14.5 Å². The Balaban J connectivity index is 2.18. The number of pyridine rings is 1. The molecule has 0 aliphatic carbocycles. The highest BCUT2D eigenvalue weighted by atomic mass is 16.5. The SMILES string of the molecule is COCCCn1cncc1-c1ccnc(N)c1. The van der Waals surface area contributed by atoms with Gasteiger partial charge in [-0.15, -0.1) is 0 Å². The standard InChI is InChI=1S/C12H16N4O/c1-17-6-2-5-16-9-14-8-11(16)10-3-4-15-12(13)7-10/h3-4,7-9H,2,5-6H2,1H3,(H2,13,15). The van der Waals surface area contributed by atoms with E-state index in [0.717, 1.165) is 30.8 Å². The lowest BCUT2D eigenvalue weighted by Gasteiger charge is -2.08. The number of nitrogens with two attached hydrogens (primary N) is 1. The zero-order valence-corrected chi connectivity index (χ0v) is 9.84. The quantitative estimate of drug-likeness (QED) is 0.794. The Kier molecular flexibility index (Phi) is 3.72. The van der Waals surface area contributed by atoms with Crippen LogP contribution < -0.4 is 5.73 Å². The molecule has 0 unspecified atom stereocenters. The molecule has 90 valence electrons. The number of hydrogen-bond donors (Lipinski definition) is 1. The van der Waals surface area contributed by atoms with Crippen LogP contribution in [0.15, 0.2) is 30.9 Å². The van der Waals surface area contributed by atoms with Gasteiger partial charge in [-0.2, -0.15) is 0 Å². The van der Waals surface area contributed by atoms with Gasteiger partial charge in [0.1, 0.15) is 5.82 Å². The van der Waals surface area contributed by atoms with Gasteiger partial charge in [-0.1, -0.05) is 0 Å². The fourth-order valence-electron chi connectivity index (χ4n) is 1.73. The van der Waals surface area contributed by atoms with E-state index in [1.54, 1.807) is 13.3 Å². The van der Waals surface area contributed by atoms with Gasteiger partial charge in [-0.25, -0.2) is 9.97 Å². The van der Waals surface area contributed by atoms with Crippen molar-refractivity contribution in [2.45, 2.75) is 13.0 Å². The van der Waals surface area contributed by atoms with Gasteiger partial charge in [0, 0.05) is 32.0 Å². The van der Waals surface area contributed by atoms with Crippen LogP contribution in [0.25, 0.3) is 11.3 Å². The summed E-state index contributed by atoms with van der Waals surface area (Å²) >= 11 is 0. The maximum atomic E-state index is 5.68. The maximum Gasteiger partial charge on any atom is 0.123 e. The van der Waals surface area contributed by atoms with E-state index in [1.165, 1.54) is 0 Å². The average molecular weight is 232 g/mol. The van der Waals surface area contributed by atoms with Crippen LogP contribution in [0.3, 0.4) is 0 Å². The van der Waals surface area contributed by atoms with Crippen molar-refractivity contribution in [2.24, 2.45) is 0 Å². The minimum atomic E-state index is 0.521. The van der Waals surface area contributed by atoms with Gasteiger partial charge in [0.25, 0.3) is 0 Å². The molecular weight excluding hydrogens is 216 g/mol. The zero-order valence-electron chi connectivity index (χ0n) is 9.84. The second-order valence-corrected chi connectivity index (χ2v) is 3.79. The molecule has 2 rings (SSSR count).